The third kappa shape index (κ3) is 4.44. The smallest absolute Gasteiger partial charge is 0.257 e. The largest absolute Gasteiger partial charge is 0.349 e. The van der Waals surface area contributed by atoms with Crippen LogP contribution < -0.4 is 10.6 Å². The van der Waals surface area contributed by atoms with Gasteiger partial charge in [-0.2, -0.15) is 0 Å². The van der Waals surface area contributed by atoms with Crippen molar-refractivity contribution in [2.24, 2.45) is 0 Å². The Kier molecular flexibility index (Phi) is 5.12. The van der Waals surface area contributed by atoms with Crippen molar-refractivity contribution in [2.45, 2.75) is 45.6 Å². The maximum Gasteiger partial charge on any atom is 0.257 e. The number of hydrogen-bond donors (Lipinski definition) is 2. The van der Waals surface area contributed by atoms with Crippen LogP contribution in [0.3, 0.4) is 0 Å². The second-order valence-corrected chi connectivity index (χ2v) is 6.75. The van der Waals surface area contributed by atoms with Crippen LogP contribution in [-0.2, 0) is 0 Å². The molecule has 0 bridgehead atoms. The number of nitrogens with zero attached hydrogens (tertiary/aromatic N) is 1. The van der Waals surface area contributed by atoms with Crippen molar-refractivity contribution in [3.63, 3.8) is 0 Å². The van der Waals surface area contributed by atoms with Crippen LogP contribution in [0.5, 0.6) is 0 Å². The van der Waals surface area contributed by atoms with E-state index in [0.29, 0.717) is 11.1 Å². The Morgan fingerprint density at radius 2 is 1.52 bits per heavy atom. The number of carbonyl (C=O) groups is 2. The molecule has 5 nitrogen and oxygen atoms in total. The Balaban J connectivity index is 1.71. The van der Waals surface area contributed by atoms with Gasteiger partial charge in [-0.15, -0.1) is 0 Å². The molecule has 5 heteroatoms. The molecule has 1 aromatic carbocycles. The number of rotatable bonds is 4. The van der Waals surface area contributed by atoms with Crippen LogP contribution >= 0.6 is 0 Å². The first-order chi connectivity index (χ1) is 12.0. The van der Waals surface area contributed by atoms with Gasteiger partial charge in [-0.25, -0.2) is 0 Å². The molecule has 2 amide bonds. The normalized spacial score (nSPS) is 14.3. The van der Waals surface area contributed by atoms with Gasteiger partial charge in [0, 0.05) is 24.1 Å². The van der Waals surface area contributed by atoms with Crippen molar-refractivity contribution < 1.29 is 9.59 Å². The van der Waals surface area contributed by atoms with Gasteiger partial charge in [0.1, 0.15) is 0 Å². The number of pyridine rings is 1. The number of aromatic nitrogens is 1. The first kappa shape index (κ1) is 17.1. The fourth-order valence-electron chi connectivity index (χ4n) is 3.28. The van der Waals surface area contributed by atoms with Gasteiger partial charge in [0.25, 0.3) is 11.8 Å². The lowest BCUT2D eigenvalue weighted by Crippen LogP contribution is -2.32. The maximum atomic E-state index is 12.5. The predicted molar refractivity (Wildman–Crippen MR) is 97.8 cm³/mol. The molecule has 0 atom stereocenters. The Labute approximate surface area is 147 Å². The summed E-state index contributed by atoms with van der Waals surface area (Å²) in [4.78, 5) is 28.9. The molecule has 0 radical (unpaired) electrons. The highest BCUT2D eigenvalue weighted by molar-refractivity contribution is 6.05. The van der Waals surface area contributed by atoms with Gasteiger partial charge in [-0.3, -0.25) is 14.6 Å². The highest BCUT2D eigenvalue weighted by Gasteiger charge is 2.19. The number of nitrogens with one attached hydrogen (secondary N) is 2. The highest BCUT2D eigenvalue weighted by atomic mass is 16.2. The molecule has 2 aromatic rings. The van der Waals surface area contributed by atoms with Crippen LogP contribution in [0.2, 0.25) is 0 Å². The van der Waals surface area contributed by atoms with E-state index in [1.54, 1.807) is 6.07 Å². The molecule has 1 aliphatic rings. The number of hydrogen-bond acceptors (Lipinski definition) is 3. The molecule has 0 spiro atoms. The number of benzene rings is 1. The Bertz CT molecular complexity index is 775. The van der Waals surface area contributed by atoms with Gasteiger partial charge in [0.2, 0.25) is 0 Å². The zero-order valence-electron chi connectivity index (χ0n) is 14.6. The van der Waals surface area contributed by atoms with Crippen molar-refractivity contribution in [1.29, 1.82) is 0 Å². The van der Waals surface area contributed by atoms with Crippen LogP contribution in [0.25, 0.3) is 0 Å². The number of aryl methyl sites for hydroxylation is 2. The highest BCUT2D eigenvalue weighted by Crippen LogP contribution is 2.18. The lowest BCUT2D eigenvalue weighted by Gasteiger charge is -2.12. The van der Waals surface area contributed by atoms with E-state index in [2.05, 4.69) is 15.6 Å². The molecule has 1 heterocycles. The summed E-state index contributed by atoms with van der Waals surface area (Å²) in [5, 5.41) is 5.88. The van der Waals surface area contributed by atoms with E-state index >= 15 is 0 Å². The SMILES string of the molecule is Cc1cc(C)cc(NC(=O)c2cncc(C(=O)NC3CCCC3)c2)c1. The molecule has 25 heavy (non-hydrogen) atoms. The molecule has 3 rings (SSSR count). The van der Waals surface area contributed by atoms with E-state index in [-0.39, 0.29) is 17.9 Å². The molecule has 1 fully saturated rings. The van der Waals surface area contributed by atoms with Gasteiger partial charge in [0.05, 0.1) is 11.1 Å². The first-order valence-corrected chi connectivity index (χ1v) is 8.67. The lowest BCUT2D eigenvalue weighted by molar-refractivity contribution is 0.0937. The number of carbonyl (C=O) groups excluding carboxylic acids is 2. The van der Waals surface area contributed by atoms with Gasteiger partial charge in [-0.1, -0.05) is 18.9 Å². The molecular formula is C20H23N3O2. The molecule has 2 N–H and O–H groups in total. The van der Waals surface area contributed by atoms with Crippen molar-refractivity contribution in [3.8, 4) is 0 Å². The van der Waals surface area contributed by atoms with Crippen molar-refractivity contribution in [1.82, 2.24) is 10.3 Å². The lowest BCUT2D eigenvalue weighted by atomic mass is 10.1. The summed E-state index contributed by atoms with van der Waals surface area (Å²) in [6.07, 6.45) is 7.32. The number of anilines is 1. The van der Waals surface area contributed by atoms with Crippen LogP contribution in [-0.4, -0.2) is 22.8 Å². The third-order valence-electron chi connectivity index (χ3n) is 4.43. The third-order valence-corrected chi connectivity index (χ3v) is 4.43. The van der Waals surface area contributed by atoms with Crippen LogP contribution in [0.1, 0.15) is 57.5 Å². The van der Waals surface area contributed by atoms with Crippen molar-refractivity contribution in [3.05, 3.63) is 58.9 Å². The fraction of sp³-hybridized carbons (Fsp3) is 0.350. The van der Waals surface area contributed by atoms with Gasteiger partial charge >= 0.3 is 0 Å². The molecule has 0 aliphatic heterocycles. The van der Waals surface area contributed by atoms with Crippen molar-refractivity contribution >= 4 is 17.5 Å². The van der Waals surface area contributed by atoms with Crippen LogP contribution in [0, 0.1) is 13.8 Å². The zero-order valence-corrected chi connectivity index (χ0v) is 14.6. The Morgan fingerprint density at radius 1 is 0.920 bits per heavy atom. The van der Waals surface area contributed by atoms with Crippen LogP contribution in [0.4, 0.5) is 5.69 Å². The minimum Gasteiger partial charge on any atom is -0.349 e. The zero-order chi connectivity index (χ0) is 17.8. The summed E-state index contributed by atoms with van der Waals surface area (Å²) < 4.78 is 0. The second kappa shape index (κ2) is 7.47. The van der Waals surface area contributed by atoms with Crippen LogP contribution in [0.15, 0.2) is 36.7 Å². The number of amides is 2. The van der Waals surface area contributed by atoms with Gasteiger partial charge in [0.15, 0.2) is 0 Å². The van der Waals surface area contributed by atoms with Gasteiger partial charge < -0.3 is 10.6 Å². The van der Waals surface area contributed by atoms with E-state index in [1.807, 2.05) is 32.0 Å². The topological polar surface area (TPSA) is 71.1 Å². The maximum absolute atomic E-state index is 12.5. The Hall–Kier alpha value is -2.69. The molecule has 1 aromatic heterocycles. The average molecular weight is 337 g/mol. The summed E-state index contributed by atoms with van der Waals surface area (Å²) >= 11 is 0. The quantitative estimate of drug-likeness (QED) is 0.895. The van der Waals surface area contributed by atoms with Gasteiger partial charge in [-0.05, 0) is 56.0 Å². The summed E-state index contributed by atoms with van der Waals surface area (Å²) in [6, 6.07) is 7.70. The molecule has 1 saturated carbocycles. The summed E-state index contributed by atoms with van der Waals surface area (Å²) in [7, 11) is 0. The second-order valence-electron chi connectivity index (χ2n) is 6.75. The van der Waals surface area contributed by atoms with E-state index in [0.717, 1.165) is 42.5 Å². The average Bonchev–Trinajstić information content (AvgIpc) is 3.07. The molecule has 130 valence electrons. The summed E-state index contributed by atoms with van der Waals surface area (Å²) in [6.45, 7) is 3.97. The van der Waals surface area contributed by atoms with E-state index in [9.17, 15) is 9.59 Å². The first-order valence-electron chi connectivity index (χ1n) is 8.67. The van der Waals surface area contributed by atoms with E-state index < -0.39 is 0 Å². The van der Waals surface area contributed by atoms with Crippen molar-refractivity contribution in [2.75, 3.05) is 5.32 Å². The monoisotopic (exact) mass is 337 g/mol. The minimum atomic E-state index is -0.270. The molecular weight excluding hydrogens is 314 g/mol. The minimum absolute atomic E-state index is 0.166. The predicted octanol–water partition coefficient (Wildman–Crippen LogP) is 3.62. The molecule has 0 unspecified atom stereocenters. The summed E-state index contributed by atoms with van der Waals surface area (Å²) in [5.74, 6) is -0.437. The van der Waals surface area contributed by atoms with E-state index in [1.165, 1.54) is 12.4 Å². The molecule has 1 aliphatic carbocycles. The fourth-order valence-corrected chi connectivity index (χ4v) is 3.28. The summed E-state index contributed by atoms with van der Waals surface area (Å²) in [5.41, 5.74) is 3.69. The van der Waals surface area contributed by atoms with E-state index in [4.69, 9.17) is 0 Å². The Morgan fingerprint density at radius 3 is 2.16 bits per heavy atom. The molecule has 0 saturated heterocycles. The standard InChI is InChI=1S/C20H23N3O2/c1-13-7-14(2)9-18(8-13)23-20(25)16-10-15(11-21-12-16)19(24)22-17-5-3-4-6-17/h7-12,17H,3-6H2,1-2H3,(H,22,24)(H,23,25).